The Hall–Kier alpha value is -1.00. The van der Waals surface area contributed by atoms with Crippen molar-refractivity contribution in [1.82, 2.24) is 14.9 Å². The lowest BCUT2D eigenvalue weighted by Crippen LogP contribution is -2.40. The van der Waals surface area contributed by atoms with Crippen LogP contribution in [-0.4, -0.2) is 34.0 Å². The van der Waals surface area contributed by atoms with Crippen molar-refractivity contribution in [2.75, 3.05) is 13.1 Å². The Morgan fingerprint density at radius 1 is 1.39 bits per heavy atom. The molecule has 0 saturated carbocycles. The second kappa shape index (κ2) is 8.16. The molecule has 0 bridgehead atoms. The summed E-state index contributed by atoms with van der Waals surface area (Å²) in [6.07, 6.45) is 6.93. The molecule has 102 valence electrons. The molecule has 0 spiro atoms. The van der Waals surface area contributed by atoms with Crippen LogP contribution in [0.2, 0.25) is 0 Å². The van der Waals surface area contributed by atoms with Crippen LogP contribution >= 0.6 is 0 Å². The van der Waals surface area contributed by atoms with Crippen LogP contribution in [0.4, 0.5) is 0 Å². The topological polar surface area (TPSA) is 55.0 Å². The minimum atomic E-state index is 0.203. The van der Waals surface area contributed by atoms with Crippen LogP contribution in [0.1, 0.15) is 51.8 Å². The average molecular weight is 250 g/mol. The zero-order valence-electron chi connectivity index (χ0n) is 11.8. The van der Waals surface area contributed by atoms with Gasteiger partial charge in [0.1, 0.15) is 6.33 Å². The molecular formula is C14H26N4. The smallest absolute Gasteiger partial charge is 0.115 e. The highest BCUT2D eigenvalue weighted by Gasteiger charge is 2.23. The Morgan fingerprint density at radius 3 is 2.67 bits per heavy atom. The van der Waals surface area contributed by atoms with E-state index in [2.05, 4.69) is 35.6 Å². The fraction of sp³-hybridized carbons (Fsp3) is 0.714. The van der Waals surface area contributed by atoms with Crippen molar-refractivity contribution in [2.24, 2.45) is 5.73 Å². The van der Waals surface area contributed by atoms with Gasteiger partial charge in [-0.1, -0.05) is 20.3 Å². The predicted octanol–water partition coefficient (Wildman–Crippen LogP) is 2.38. The van der Waals surface area contributed by atoms with Crippen LogP contribution in [-0.2, 0) is 0 Å². The first-order chi connectivity index (χ1) is 8.74. The lowest BCUT2D eigenvalue weighted by atomic mass is 10.1. The van der Waals surface area contributed by atoms with Gasteiger partial charge >= 0.3 is 0 Å². The van der Waals surface area contributed by atoms with E-state index in [1.54, 1.807) is 12.5 Å². The van der Waals surface area contributed by atoms with E-state index in [0.717, 1.165) is 18.7 Å². The summed E-state index contributed by atoms with van der Waals surface area (Å²) < 4.78 is 0. The van der Waals surface area contributed by atoms with Crippen molar-refractivity contribution < 1.29 is 0 Å². The Morgan fingerprint density at radius 2 is 2.17 bits per heavy atom. The van der Waals surface area contributed by atoms with Crippen molar-refractivity contribution in [1.29, 1.82) is 0 Å². The van der Waals surface area contributed by atoms with Gasteiger partial charge in [0.05, 0.1) is 11.7 Å². The van der Waals surface area contributed by atoms with Crippen molar-refractivity contribution in [3.05, 3.63) is 24.3 Å². The molecule has 18 heavy (non-hydrogen) atoms. The molecule has 2 N–H and O–H groups in total. The van der Waals surface area contributed by atoms with Crippen molar-refractivity contribution >= 4 is 0 Å². The maximum atomic E-state index is 5.97. The Kier molecular flexibility index (Phi) is 6.83. The maximum absolute atomic E-state index is 5.97. The molecule has 0 saturated heterocycles. The van der Waals surface area contributed by atoms with E-state index in [-0.39, 0.29) is 6.04 Å². The van der Waals surface area contributed by atoms with Crippen LogP contribution in [0.3, 0.4) is 0 Å². The summed E-state index contributed by atoms with van der Waals surface area (Å²) in [5.41, 5.74) is 7.00. The molecule has 2 unspecified atom stereocenters. The largest absolute Gasteiger partial charge is 0.329 e. The van der Waals surface area contributed by atoms with Gasteiger partial charge in [0.2, 0.25) is 0 Å². The molecule has 2 atom stereocenters. The van der Waals surface area contributed by atoms with Gasteiger partial charge < -0.3 is 5.73 Å². The molecule has 4 nitrogen and oxygen atoms in total. The SMILES string of the molecule is CCCCN(C(C)CC)C(CN)c1ccncn1. The second-order valence-electron chi connectivity index (χ2n) is 4.73. The average Bonchev–Trinajstić information content (AvgIpc) is 2.43. The number of hydrogen-bond acceptors (Lipinski definition) is 4. The summed E-state index contributed by atoms with van der Waals surface area (Å²) in [5.74, 6) is 0. The fourth-order valence-corrected chi connectivity index (χ4v) is 2.18. The molecule has 0 aliphatic rings. The predicted molar refractivity (Wildman–Crippen MR) is 75.2 cm³/mol. The number of nitrogens with zero attached hydrogens (tertiary/aromatic N) is 3. The molecule has 0 aliphatic carbocycles. The molecule has 0 aromatic carbocycles. The zero-order valence-corrected chi connectivity index (χ0v) is 11.8. The Balaban J connectivity index is 2.86. The van der Waals surface area contributed by atoms with Crippen molar-refractivity contribution in [3.63, 3.8) is 0 Å². The molecule has 0 fully saturated rings. The van der Waals surface area contributed by atoms with Gasteiger partial charge in [-0.25, -0.2) is 9.97 Å². The molecule has 0 aliphatic heterocycles. The standard InChI is InChI=1S/C14H26N4/c1-4-6-9-18(12(3)5-2)14(10-15)13-7-8-16-11-17-13/h7-8,11-12,14H,4-6,9-10,15H2,1-3H3. The van der Waals surface area contributed by atoms with Crippen molar-refractivity contribution in [2.45, 2.75) is 52.1 Å². The first-order valence-corrected chi connectivity index (χ1v) is 6.96. The highest BCUT2D eigenvalue weighted by atomic mass is 15.2. The van der Waals surface area contributed by atoms with Gasteiger partial charge in [-0.15, -0.1) is 0 Å². The second-order valence-corrected chi connectivity index (χ2v) is 4.73. The number of unbranched alkanes of at least 4 members (excludes halogenated alkanes) is 1. The summed E-state index contributed by atoms with van der Waals surface area (Å²) in [6, 6.07) is 2.70. The van der Waals surface area contributed by atoms with E-state index < -0.39 is 0 Å². The molecule has 1 aromatic rings. The monoisotopic (exact) mass is 250 g/mol. The van der Waals surface area contributed by atoms with Gasteiger partial charge in [0.15, 0.2) is 0 Å². The summed E-state index contributed by atoms with van der Waals surface area (Å²) in [6.45, 7) is 8.38. The summed E-state index contributed by atoms with van der Waals surface area (Å²) in [7, 11) is 0. The quantitative estimate of drug-likeness (QED) is 0.769. The van der Waals surface area contributed by atoms with E-state index in [0.29, 0.717) is 12.6 Å². The van der Waals surface area contributed by atoms with E-state index in [1.165, 1.54) is 12.8 Å². The minimum Gasteiger partial charge on any atom is -0.329 e. The van der Waals surface area contributed by atoms with E-state index >= 15 is 0 Å². The zero-order chi connectivity index (χ0) is 13.4. The highest BCUT2D eigenvalue weighted by molar-refractivity contribution is 5.06. The Bertz CT molecular complexity index is 315. The van der Waals surface area contributed by atoms with Gasteiger partial charge in [0.25, 0.3) is 0 Å². The molecule has 0 amide bonds. The third kappa shape index (κ3) is 4.03. The summed E-state index contributed by atoms with van der Waals surface area (Å²) in [4.78, 5) is 10.8. The number of hydrogen-bond donors (Lipinski definition) is 1. The van der Waals surface area contributed by atoms with Gasteiger partial charge in [-0.2, -0.15) is 0 Å². The van der Waals surface area contributed by atoms with Gasteiger partial charge in [-0.05, 0) is 32.4 Å². The van der Waals surface area contributed by atoms with Crippen LogP contribution in [0, 0.1) is 0 Å². The molecule has 0 radical (unpaired) electrons. The van der Waals surface area contributed by atoms with E-state index in [1.807, 2.05) is 6.07 Å². The molecule has 1 heterocycles. The fourth-order valence-electron chi connectivity index (χ4n) is 2.18. The lowest BCUT2D eigenvalue weighted by molar-refractivity contribution is 0.138. The minimum absolute atomic E-state index is 0.203. The van der Waals surface area contributed by atoms with E-state index in [9.17, 15) is 0 Å². The normalized spacial score (nSPS) is 14.7. The first-order valence-electron chi connectivity index (χ1n) is 6.96. The van der Waals surface area contributed by atoms with Crippen LogP contribution < -0.4 is 5.73 Å². The summed E-state index contributed by atoms with van der Waals surface area (Å²) in [5, 5.41) is 0. The number of aromatic nitrogens is 2. The van der Waals surface area contributed by atoms with Gasteiger partial charge in [-0.3, -0.25) is 4.90 Å². The number of nitrogens with two attached hydrogens (primary N) is 1. The Labute approximate surface area is 111 Å². The highest BCUT2D eigenvalue weighted by Crippen LogP contribution is 2.21. The molecule has 1 rings (SSSR count). The lowest BCUT2D eigenvalue weighted by Gasteiger charge is -2.35. The van der Waals surface area contributed by atoms with E-state index in [4.69, 9.17) is 5.73 Å². The van der Waals surface area contributed by atoms with Gasteiger partial charge in [0, 0.05) is 18.8 Å². The summed E-state index contributed by atoms with van der Waals surface area (Å²) >= 11 is 0. The van der Waals surface area contributed by atoms with Crippen LogP contribution in [0.5, 0.6) is 0 Å². The number of rotatable bonds is 8. The van der Waals surface area contributed by atoms with Crippen molar-refractivity contribution in [3.8, 4) is 0 Å². The van der Waals surface area contributed by atoms with Crippen LogP contribution in [0.25, 0.3) is 0 Å². The molecule has 4 heteroatoms. The third-order valence-electron chi connectivity index (χ3n) is 3.50. The third-order valence-corrected chi connectivity index (χ3v) is 3.50. The maximum Gasteiger partial charge on any atom is 0.115 e. The van der Waals surface area contributed by atoms with Crippen LogP contribution in [0.15, 0.2) is 18.6 Å². The first kappa shape index (κ1) is 15.1. The molecular weight excluding hydrogens is 224 g/mol. The molecule has 1 aromatic heterocycles.